The molecule has 4 heteroatoms. The summed E-state index contributed by atoms with van der Waals surface area (Å²) < 4.78 is 5.36. The van der Waals surface area contributed by atoms with Crippen LogP contribution in [0, 0.1) is 19.8 Å². The van der Waals surface area contributed by atoms with Gasteiger partial charge < -0.3 is 14.5 Å². The normalized spacial score (nSPS) is 20.3. The van der Waals surface area contributed by atoms with Crippen LogP contribution < -0.4 is 4.90 Å². The molecule has 1 aromatic carbocycles. The molecule has 0 saturated carbocycles. The molecule has 0 spiro atoms. The fourth-order valence-corrected chi connectivity index (χ4v) is 3.66. The van der Waals surface area contributed by atoms with Gasteiger partial charge in [0.2, 0.25) is 5.91 Å². The van der Waals surface area contributed by atoms with E-state index < -0.39 is 0 Å². The topological polar surface area (TPSA) is 32.8 Å². The summed E-state index contributed by atoms with van der Waals surface area (Å²) in [6, 6.07) is 6.45. The van der Waals surface area contributed by atoms with Crippen LogP contribution >= 0.6 is 0 Å². The minimum absolute atomic E-state index is 0.181. The number of benzene rings is 1. The van der Waals surface area contributed by atoms with Gasteiger partial charge in [0.25, 0.3) is 0 Å². The Morgan fingerprint density at radius 1 is 1.05 bits per heavy atom. The first-order chi connectivity index (χ1) is 10.7. The van der Waals surface area contributed by atoms with Gasteiger partial charge in [-0.2, -0.15) is 0 Å². The second-order valence-corrected chi connectivity index (χ2v) is 6.44. The summed E-state index contributed by atoms with van der Waals surface area (Å²) in [5.41, 5.74) is 3.99. The minimum Gasteiger partial charge on any atom is -0.381 e. The van der Waals surface area contributed by atoms with Gasteiger partial charge in [-0.1, -0.05) is 18.2 Å². The number of hydrogen-bond acceptors (Lipinski definition) is 3. The molecule has 0 aliphatic carbocycles. The summed E-state index contributed by atoms with van der Waals surface area (Å²) in [6.07, 6.45) is 1.77. The monoisotopic (exact) mass is 302 g/mol. The lowest BCUT2D eigenvalue weighted by atomic mass is 9.98. The van der Waals surface area contributed by atoms with Crippen LogP contribution in [0.1, 0.15) is 24.0 Å². The number of anilines is 1. The van der Waals surface area contributed by atoms with Gasteiger partial charge in [0.15, 0.2) is 0 Å². The molecule has 120 valence electrons. The number of rotatable bonds is 2. The summed E-state index contributed by atoms with van der Waals surface area (Å²) in [4.78, 5) is 17.1. The Kier molecular flexibility index (Phi) is 4.67. The number of ether oxygens (including phenoxy) is 1. The van der Waals surface area contributed by atoms with Gasteiger partial charge in [-0.25, -0.2) is 0 Å². The number of aryl methyl sites for hydroxylation is 2. The van der Waals surface area contributed by atoms with Crippen molar-refractivity contribution in [3.63, 3.8) is 0 Å². The van der Waals surface area contributed by atoms with Crippen molar-refractivity contribution in [3.05, 3.63) is 29.3 Å². The molecule has 2 saturated heterocycles. The van der Waals surface area contributed by atoms with Gasteiger partial charge in [0, 0.05) is 51.0 Å². The van der Waals surface area contributed by atoms with Gasteiger partial charge in [-0.3, -0.25) is 4.79 Å². The summed E-state index contributed by atoms with van der Waals surface area (Å²) in [6.45, 7) is 9.34. The molecule has 1 amide bonds. The molecule has 3 rings (SSSR count). The molecule has 0 atom stereocenters. The molecule has 2 aliphatic heterocycles. The molecule has 0 aromatic heterocycles. The van der Waals surface area contributed by atoms with Crippen LogP contribution in [0.2, 0.25) is 0 Å². The molecule has 2 fully saturated rings. The van der Waals surface area contributed by atoms with Crippen molar-refractivity contribution in [2.75, 3.05) is 44.3 Å². The van der Waals surface area contributed by atoms with Crippen molar-refractivity contribution in [2.24, 2.45) is 5.92 Å². The molecular formula is C18H26N2O2. The van der Waals surface area contributed by atoms with E-state index in [9.17, 15) is 4.79 Å². The van der Waals surface area contributed by atoms with E-state index in [2.05, 4.69) is 41.8 Å². The van der Waals surface area contributed by atoms with Crippen LogP contribution in [0.15, 0.2) is 18.2 Å². The highest BCUT2D eigenvalue weighted by molar-refractivity contribution is 5.79. The predicted molar refractivity (Wildman–Crippen MR) is 88.3 cm³/mol. The van der Waals surface area contributed by atoms with E-state index in [1.54, 1.807) is 0 Å². The van der Waals surface area contributed by atoms with E-state index in [-0.39, 0.29) is 5.92 Å². The third kappa shape index (κ3) is 3.12. The Morgan fingerprint density at radius 3 is 2.23 bits per heavy atom. The summed E-state index contributed by atoms with van der Waals surface area (Å²) >= 11 is 0. The maximum atomic E-state index is 12.6. The first-order valence-corrected chi connectivity index (χ1v) is 8.34. The minimum atomic E-state index is 0.181. The number of hydrogen-bond donors (Lipinski definition) is 0. The summed E-state index contributed by atoms with van der Waals surface area (Å²) in [7, 11) is 0. The Hall–Kier alpha value is -1.55. The maximum absolute atomic E-state index is 12.6. The second kappa shape index (κ2) is 6.69. The standard InChI is InChI=1S/C18H26N2O2/c1-14-4-3-5-15(2)17(14)19-8-10-20(11-9-19)18(21)16-6-12-22-13-7-16/h3-5,16H,6-13H2,1-2H3. The van der Waals surface area contributed by atoms with E-state index >= 15 is 0 Å². The Balaban J connectivity index is 1.61. The third-order valence-electron chi connectivity index (χ3n) is 4.92. The molecule has 0 radical (unpaired) electrons. The lowest BCUT2D eigenvalue weighted by Crippen LogP contribution is -2.51. The average Bonchev–Trinajstić information content (AvgIpc) is 2.55. The maximum Gasteiger partial charge on any atom is 0.225 e. The molecular weight excluding hydrogens is 276 g/mol. The van der Waals surface area contributed by atoms with Crippen molar-refractivity contribution >= 4 is 11.6 Å². The van der Waals surface area contributed by atoms with E-state index in [4.69, 9.17) is 4.74 Å². The van der Waals surface area contributed by atoms with Crippen LogP contribution in [0.25, 0.3) is 0 Å². The lowest BCUT2D eigenvalue weighted by Gasteiger charge is -2.39. The van der Waals surface area contributed by atoms with Crippen LogP contribution in [-0.4, -0.2) is 50.2 Å². The smallest absolute Gasteiger partial charge is 0.225 e. The van der Waals surface area contributed by atoms with Crippen molar-refractivity contribution in [1.82, 2.24) is 4.90 Å². The Bertz CT molecular complexity index is 510. The van der Waals surface area contributed by atoms with Gasteiger partial charge in [0.1, 0.15) is 0 Å². The van der Waals surface area contributed by atoms with Crippen LogP contribution in [0.5, 0.6) is 0 Å². The van der Waals surface area contributed by atoms with Crippen LogP contribution in [0.4, 0.5) is 5.69 Å². The first-order valence-electron chi connectivity index (χ1n) is 8.34. The molecule has 0 bridgehead atoms. The zero-order valence-corrected chi connectivity index (χ0v) is 13.7. The van der Waals surface area contributed by atoms with Gasteiger partial charge in [-0.05, 0) is 37.8 Å². The van der Waals surface area contributed by atoms with Gasteiger partial charge in [-0.15, -0.1) is 0 Å². The van der Waals surface area contributed by atoms with Crippen molar-refractivity contribution in [2.45, 2.75) is 26.7 Å². The largest absolute Gasteiger partial charge is 0.381 e. The third-order valence-corrected chi connectivity index (χ3v) is 4.92. The predicted octanol–water partition coefficient (Wildman–Crippen LogP) is 2.38. The SMILES string of the molecule is Cc1cccc(C)c1N1CCN(C(=O)C2CCOCC2)CC1. The van der Waals surface area contributed by atoms with Crippen molar-refractivity contribution < 1.29 is 9.53 Å². The number of piperazine rings is 1. The van der Waals surface area contributed by atoms with Gasteiger partial charge >= 0.3 is 0 Å². The molecule has 2 aliphatic rings. The van der Waals surface area contributed by atoms with Crippen LogP contribution in [0.3, 0.4) is 0 Å². The number of amides is 1. The highest BCUT2D eigenvalue weighted by atomic mass is 16.5. The fraction of sp³-hybridized carbons (Fsp3) is 0.611. The molecule has 2 heterocycles. The molecule has 0 unspecified atom stereocenters. The number of carbonyl (C=O) groups excluding carboxylic acids is 1. The summed E-state index contributed by atoms with van der Waals surface area (Å²) in [5.74, 6) is 0.518. The zero-order chi connectivity index (χ0) is 15.5. The van der Waals surface area contributed by atoms with Crippen molar-refractivity contribution in [1.29, 1.82) is 0 Å². The highest BCUT2D eigenvalue weighted by Crippen LogP contribution is 2.26. The van der Waals surface area contributed by atoms with Gasteiger partial charge in [0.05, 0.1) is 0 Å². The number of para-hydroxylation sites is 1. The van der Waals surface area contributed by atoms with E-state index in [0.29, 0.717) is 5.91 Å². The summed E-state index contributed by atoms with van der Waals surface area (Å²) in [5, 5.41) is 0. The fourth-order valence-electron chi connectivity index (χ4n) is 3.66. The molecule has 4 nitrogen and oxygen atoms in total. The van der Waals surface area contributed by atoms with Crippen molar-refractivity contribution in [3.8, 4) is 0 Å². The molecule has 22 heavy (non-hydrogen) atoms. The van der Waals surface area contributed by atoms with Crippen LogP contribution in [-0.2, 0) is 9.53 Å². The van der Waals surface area contributed by atoms with E-state index in [0.717, 1.165) is 52.2 Å². The molecule has 0 N–H and O–H groups in total. The average molecular weight is 302 g/mol. The van der Waals surface area contributed by atoms with E-state index in [1.807, 2.05) is 0 Å². The number of carbonyl (C=O) groups is 1. The highest BCUT2D eigenvalue weighted by Gasteiger charge is 2.29. The lowest BCUT2D eigenvalue weighted by molar-refractivity contribution is -0.138. The Morgan fingerprint density at radius 2 is 1.64 bits per heavy atom. The Labute approximate surface area is 133 Å². The van der Waals surface area contributed by atoms with E-state index in [1.165, 1.54) is 16.8 Å². The second-order valence-electron chi connectivity index (χ2n) is 6.44. The zero-order valence-electron chi connectivity index (χ0n) is 13.7. The number of nitrogens with zero attached hydrogens (tertiary/aromatic N) is 2. The molecule has 1 aromatic rings. The first kappa shape index (κ1) is 15.3. The quantitative estimate of drug-likeness (QED) is 0.841.